The van der Waals surface area contributed by atoms with Crippen molar-refractivity contribution in [3.8, 4) is 0 Å². The molecular formula is C16H21N3O2S. The Morgan fingerprint density at radius 1 is 1.32 bits per heavy atom. The van der Waals surface area contributed by atoms with E-state index in [2.05, 4.69) is 15.6 Å². The minimum atomic E-state index is -0.304. The molecule has 0 radical (unpaired) electrons. The highest BCUT2D eigenvalue weighted by Crippen LogP contribution is 2.15. The molecule has 0 aliphatic heterocycles. The fraction of sp³-hybridized carbons (Fsp3) is 0.375. The smallest absolute Gasteiger partial charge is 0.315 e. The lowest BCUT2D eigenvalue weighted by molar-refractivity contribution is 0.215. The van der Waals surface area contributed by atoms with Crippen molar-refractivity contribution in [1.29, 1.82) is 0 Å². The number of aliphatic hydroxyl groups excluding tert-OH is 1. The van der Waals surface area contributed by atoms with E-state index in [1.807, 2.05) is 44.2 Å². The zero-order valence-corrected chi connectivity index (χ0v) is 13.6. The molecular weight excluding hydrogens is 298 g/mol. The highest BCUT2D eigenvalue weighted by molar-refractivity contribution is 7.11. The molecule has 6 heteroatoms. The first-order chi connectivity index (χ1) is 10.6. The van der Waals surface area contributed by atoms with Crippen molar-refractivity contribution in [2.45, 2.75) is 32.9 Å². The SMILES string of the molecule is Cc1nc(CNC(=O)NC(CO)Cc2ccccc2)sc1C. The summed E-state index contributed by atoms with van der Waals surface area (Å²) < 4.78 is 0. The second-order valence-corrected chi connectivity index (χ2v) is 6.43. The van der Waals surface area contributed by atoms with Gasteiger partial charge in [0.15, 0.2) is 0 Å². The number of thiazole rings is 1. The fourth-order valence-corrected chi connectivity index (χ4v) is 2.94. The van der Waals surface area contributed by atoms with Gasteiger partial charge in [-0.2, -0.15) is 0 Å². The Balaban J connectivity index is 1.81. The molecule has 2 rings (SSSR count). The van der Waals surface area contributed by atoms with Crippen molar-refractivity contribution < 1.29 is 9.90 Å². The molecule has 1 unspecified atom stereocenters. The summed E-state index contributed by atoms with van der Waals surface area (Å²) in [6, 6.07) is 9.18. The average Bonchev–Trinajstić information content (AvgIpc) is 2.84. The summed E-state index contributed by atoms with van der Waals surface area (Å²) >= 11 is 1.58. The predicted octanol–water partition coefficient (Wildman–Crippen LogP) is 2.16. The number of benzene rings is 1. The van der Waals surface area contributed by atoms with Gasteiger partial charge in [-0.15, -0.1) is 11.3 Å². The normalized spacial score (nSPS) is 12.0. The molecule has 22 heavy (non-hydrogen) atoms. The molecule has 0 spiro atoms. The Morgan fingerprint density at radius 3 is 2.64 bits per heavy atom. The topological polar surface area (TPSA) is 74.2 Å². The van der Waals surface area contributed by atoms with Crippen LogP contribution in [0.15, 0.2) is 30.3 Å². The second kappa shape index (κ2) is 7.91. The van der Waals surface area contributed by atoms with Crippen molar-refractivity contribution in [2.75, 3.05) is 6.61 Å². The summed E-state index contributed by atoms with van der Waals surface area (Å²) in [7, 11) is 0. The standard InChI is InChI=1S/C16H21N3O2S/c1-11-12(2)22-15(18-11)9-17-16(21)19-14(10-20)8-13-6-4-3-5-7-13/h3-7,14,20H,8-10H2,1-2H3,(H2,17,19,21). The zero-order valence-electron chi connectivity index (χ0n) is 12.8. The van der Waals surface area contributed by atoms with Crippen LogP contribution in [-0.4, -0.2) is 28.8 Å². The summed E-state index contributed by atoms with van der Waals surface area (Å²) in [4.78, 5) is 17.4. The lowest BCUT2D eigenvalue weighted by atomic mass is 10.1. The van der Waals surface area contributed by atoms with Crippen LogP contribution in [0.25, 0.3) is 0 Å². The number of rotatable bonds is 6. The van der Waals surface area contributed by atoms with Crippen LogP contribution < -0.4 is 10.6 Å². The van der Waals surface area contributed by atoms with E-state index >= 15 is 0 Å². The van der Waals surface area contributed by atoms with E-state index in [4.69, 9.17) is 0 Å². The third kappa shape index (κ3) is 4.82. The third-order valence-electron chi connectivity index (χ3n) is 3.35. The summed E-state index contributed by atoms with van der Waals surface area (Å²) in [5, 5.41) is 15.9. The van der Waals surface area contributed by atoms with Crippen LogP contribution in [0.3, 0.4) is 0 Å². The molecule has 1 aromatic heterocycles. The number of carbonyl (C=O) groups excluding carboxylic acids is 1. The molecule has 118 valence electrons. The first-order valence-corrected chi connectivity index (χ1v) is 8.02. The van der Waals surface area contributed by atoms with E-state index in [0.29, 0.717) is 13.0 Å². The van der Waals surface area contributed by atoms with Crippen molar-refractivity contribution in [2.24, 2.45) is 0 Å². The number of hydrogen-bond donors (Lipinski definition) is 3. The van der Waals surface area contributed by atoms with E-state index in [0.717, 1.165) is 21.1 Å². The number of aromatic nitrogens is 1. The lowest BCUT2D eigenvalue weighted by Crippen LogP contribution is -2.44. The van der Waals surface area contributed by atoms with E-state index in [-0.39, 0.29) is 18.7 Å². The largest absolute Gasteiger partial charge is 0.394 e. The first kappa shape index (κ1) is 16.5. The molecule has 0 saturated carbocycles. The molecule has 0 fully saturated rings. The molecule has 5 nitrogen and oxygen atoms in total. The monoisotopic (exact) mass is 319 g/mol. The molecule has 0 aliphatic rings. The third-order valence-corrected chi connectivity index (χ3v) is 4.43. The Kier molecular flexibility index (Phi) is 5.91. The van der Waals surface area contributed by atoms with Gasteiger partial charge in [0.05, 0.1) is 24.9 Å². The van der Waals surface area contributed by atoms with Crippen molar-refractivity contribution in [3.63, 3.8) is 0 Å². The number of nitrogens with zero attached hydrogens (tertiary/aromatic N) is 1. The van der Waals surface area contributed by atoms with E-state index in [1.165, 1.54) is 0 Å². The van der Waals surface area contributed by atoms with Crippen LogP contribution in [0.2, 0.25) is 0 Å². The second-order valence-electron chi connectivity index (χ2n) is 5.15. The summed E-state index contributed by atoms with van der Waals surface area (Å²) in [5.74, 6) is 0. The van der Waals surface area contributed by atoms with Gasteiger partial charge in [-0.3, -0.25) is 0 Å². The van der Waals surface area contributed by atoms with Gasteiger partial charge in [0, 0.05) is 4.88 Å². The molecule has 1 aromatic carbocycles. The zero-order chi connectivity index (χ0) is 15.9. The highest BCUT2D eigenvalue weighted by atomic mass is 32.1. The fourth-order valence-electron chi connectivity index (χ4n) is 2.07. The van der Waals surface area contributed by atoms with Crippen LogP contribution in [0.1, 0.15) is 21.1 Å². The molecule has 1 heterocycles. The number of aliphatic hydroxyl groups is 1. The molecule has 2 aromatic rings. The molecule has 0 saturated heterocycles. The van der Waals surface area contributed by atoms with E-state index in [9.17, 15) is 9.90 Å². The van der Waals surface area contributed by atoms with Crippen LogP contribution in [0.5, 0.6) is 0 Å². The Morgan fingerprint density at radius 2 is 2.05 bits per heavy atom. The first-order valence-electron chi connectivity index (χ1n) is 7.20. The quantitative estimate of drug-likeness (QED) is 0.764. The number of amides is 2. The molecule has 0 bridgehead atoms. The molecule has 2 amide bonds. The number of nitrogens with one attached hydrogen (secondary N) is 2. The summed E-state index contributed by atoms with van der Waals surface area (Å²) in [6.07, 6.45) is 0.597. The maximum absolute atomic E-state index is 11.9. The van der Waals surface area contributed by atoms with Gasteiger partial charge in [-0.1, -0.05) is 30.3 Å². The number of urea groups is 1. The van der Waals surface area contributed by atoms with E-state index < -0.39 is 0 Å². The maximum Gasteiger partial charge on any atom is 0.315 e. The molecule has 0 aliphatic carbocycles. The average molecular weight is 319 g/mol. The van der Waals surface area contributed by atoms with E-state index in [1.54, 1.807) is 11.3 Å². The van der Waals surface area contributed by atoms with Crippen LogP contribution in [0.4, 0.5) is 4.79 Å². The van der Waals surface area contributed by atoms with Gasteiger partial charge in [0.25, 0.3) is 0 Å². The van der Waals surface area contributed by atoms with Crippen molar-refractivity contribution in [1.82, 2.24) is 15.6 Å². The van der Waals surface area contributed by atoms with Crippen molar-refractivity contribution in [3.05, 3.63) is 51.5 Å². The maximum atomic E-state index is 11.9. The summed E-state index contributed by atoms with van der Waals surface area (Å²) in [6.45, 7) is 4.27. The Labute approximate surface area is 134 Å². The number of hydrogen-bond acceptors (Lipinski definition) is 4. The number of carbonyl (C=O) groups is 1. The summed E-state index contributed by atoms with van der Waals surface area (Å²) in [5.41, 5.74) is 2.08. The lowest BCUT2D eigenvalue weighted by Gasteiger charge is -2.16. The van der Waals surface area contributed by atoms with Crippen LogP contribution in [0, 0.1) is 13.8 Å². The molecule has 3 N–H and O–H groups in total. The van der Waals surface area contributed by atoms with Gasteiger partial charge in [0.1, 0.15) is 5.01 Å². The predicted molar refractivity (Wildman–Crippen MR) is 88.0 cm³/mol. The van der Waals surface area contributed by atoms with Crippen LogP contribution >= 0.6 is 11.3 Å². The van der Waals surface area contributed by atoms with Gasteiger partial charge in [-0.05, 0) is 25.8 Å². The minimum absolute atomic E-state index is 0.0994. The van der Waals surface area contributed by atoms with Gasteiger partial charge < -0.3 is 15.7 Å². The van der Waals surface area contributed by atoms with Crippen molar-refractivity contribution >= 4 is 17.4 Å². The van der Waals surface area contributed by atoms with Gasteiger partial charge in [0.2, 0.25) is 0 Å². The highest BCUT2D eigenvalue weighted by Gasteiger charge is 2.12. The number of aryl methyl sites for hydroxylation is 2. The Bertz CT molecular complexity index is 594. The molecule has 1 atom stereocenters. The van der Waals surface area contributed by atoms with Crippen LogP contribution in [-0.2, 0) is 13.0 Å². The van der Waals surface area contributed by atoms with Gasteiger partial charge >= 0.3 is 6.03 Å². The minimum Gasteiger partial charge on any atom is -0.394 e. The Hall–Kier alpha value is -1.92. The van der Waals surface area contributed by atoms with Gasteiger partial charge in [-0.25, -0.2) is 9.78 Å².